The van der Waals surface area contributed by atoms with E-state index in [4.69, 9.17) is 11.6 Å². The first-order valence-corrected chi connectivity index (χ1v) is 7.68. The molecule has 0 aliphatic heterocycles. The van der Waals surface area contributed by atoms with E-state index in [1.165, 1.54) is 37.9 Å². The Hall–Kier alpha value is -1.22. The van der Waals surface area contributed by atoms with Crippen LogP contribution in [-0.2, 0) is 0 Å². The van der Waals surface area contributed by atoms with Gasteiger partial charge in [0.05, 0.1) is 0 Å². The van der Waals surface area contributed by atoms with E-state index in [0.717, 1.165) is 12.2 Å². The molecule has 0 spiro atoms. The van der Waals surface area contributed by atoms with E-state index in [-0.39, 0.29) is 0 Å². The molecule has 0 saturated heterocycles. The lowest BCUT2D eigenvalue weighted by atomic mass is 9.94. The molecule has 1 saturated carbocycles. The molecular formula is C15H20ClN3. The van der Waals surface area contributed by atoms with Gasteiger partial charge in [-0.3, -0.25) is 4.40 Å². The molecule has 1 fully saturated rings. The van der Waals surface area contributed by atoms with Gasteiger partial charge in [-0.1, -0.05) is 25.3 Å². The molecule has 19 heavy (non-hydrogen) atoms. The number of nitrogens with zero attached hydrogens (tertiary/aromatic N) is 3. The highest BCUT2D eigenvalue weighted by atomic mass is 35.5. The fourth-order valence-corrected chi connectivity index (χ4v) is 3.32. The maximum atomic E-state index is 6.02. The Balaban J connectivity index is 1.96. The molecule has 0 atom stereocenters. The van der Waals surface area contributed by atoms with Crippen LogP contribution >= 0.6 is 11.6 Å². The average Bonchev–Trinajstić information content (AvgIpc) is 2.94. The normalized spacial score (nSPS) is 16.9. The molecule has 0 aromatic carbocycles. The van der Waals surface area contributed by atoms with Crippen molar-refractivity contribution in [3.63, 3.8) is 0 Å². The summed E-state index contributed by atoms with van der Waals surface area (Å²) in [7, 11) is 0. The van der Waals surface area contributed by atoms with E-state index in [2.05, 4.69) is 26.4 Å². The first kappa shape index (κ1) is 12.8. The molecule has 2 heterocycles. The molecule has 3 rings (SSSR count). The Labute approximate surface area is 119 Å². The van der Waals surface area contributed by atoms with Gasteiger partial charge in [0.15, 0.2) is 0 Å². The number of halogens is 1. The van der Waals surface area contributed by atoms with Crippen LogP contribution in [0.15, 0.2) is 30.6 Å². The second-order valence-corrected chi connectivity index (χ2v) is 5.59. The van der Waals surface area contributed by atoms with E-state index in [1.54, 1.807) is 0 Å². The van der Waals surface area contributed by atoms with E-state index in [9.17, 15) is 0 Å². The number of anilines is 1. The number of fused-ring (bicyclic) bond motifs is 1. The largest absolute Gasteiger partial charge is 0.354 e. The smallest absolute Gasteiger partial charge is 0.138 e. The Kier molecular flexibility index (Phi) is 3.92. The lowest BCUT2D eigenvalue weighted by Gasteiger charge is -2.36. The molecule has 102 valence electrons. The van der Waals surface area contributed by atoms with Gasteiger partial charge in [0.25, 0.3) is 0 Å². The van der Waals surface area contributed by atoms with Gasteiger partial charge in [0.2, 0.25) is 0 Å². The molecule has 0 N–H and O–H groups in total. The molecule has 0 bridgehead atoms. The highest BCUT2D eigenvalue weighted by Gasteiger charge is 2.22. The highest BCUT2D eigenvalue weighted by molar-refractivity contribution is 6.18. The summed E-state index contributed by atoms with van der Waals surface area (Å²) < 4.78 is 2.17. The van der Waals surface area contributed by atoms with Crippen LogP contribution in [0.5, 0.6) is 0 Å². The minimum absolute atomic E-state index is 0.625. The minimum Gasteiger partial charge on any atom is -0.354 e. The molecule has 0 unspecified atom stereocenters. The topological polar surface area (TPSA) is 20.5 Å². The fourth-order valence-electron chi connectivity index (χ4n) is 3.13. The first-order valence-electron chi connectivity index (χ1n) is 7.15. The van der Waals surface area contributed by atoms with E-state index >= 15 is 0 Å². The molecular weight excluding hydrogens is 258 g/mol. The van der Waals surface area contributed by atoms with Crippen LogP contribution in [0.25, 0.3) is 5.65 Å². The van der Waals surface area contributed by atoms with Gasteiger partial charge in [0, 0.05) is 30.9 Å². The zero-order valence-corrected chi connectivity index (χ0v) is 11.9. The van der Waals surface area contributed by atoms with Crippen molar-refractivity contribution < 1.29 is 0 Å². The Morgan fingerprint density at radius 2 is 2.11 bits per heavy atom. The van der Waals surface area contributed by atoms with Crippen molar-refractivity contribution in [3.05, 3.63) is 30.6 Å². The number of aromatic nitrogens is 2. The summed E-state index contributed by atoms with van der Waals surface area (Å²) >= 11 is 6.02. The van der Waals surface area contributed by atoms with E-state index in [1.807, 2.05) is 18.5 Å². The Morgan fingerprint density at radius 1 is 1.26 bits per heavy atom. The highest BCUT2D eigenvalue weighted by Crippen LogP contribution is 2.27. The third-order valence-electron chi connectivity index (χ3n) is 4.04. The Morgan fingerprint density at radius 3 is 2.89 bits per heavy atom. The standard InChI is InChI=1S/C15H20ClN3/c16-9-11-18(13-5-2-1-3-6-13)15-8-4-7-14-17-10-12-19(14)15/h4,7-8,10,12-13H,1-3,5-6,9,11H2. The van der Waals surface area contributed by atoms with Gasteiger partial charge in [-0.15, -0.1) is 11.6 Å². The van der Waals surface area contributed by atoms with Crippen molar-refractivity contribution in [2.24, 2.45) is 0 Å². The predicted octanol–water partition coefficient (Wildman–Crippen LogP) is 3.71. The van der Waals surface area contributed by atoms with Crippen LogP contribution in [0, 0.1) is 0 Å². The molecule has 2 aromatic rings. The minimum atomic E-state index is 0.625. The van der Waals surface area contributed by atoms with Crippen molar-refractivity contribution >= 4 is 23.1 Å². The van der Waals surface area contributed by atoms with Crippen molar-refractivity contribution in [1.82, 2.24) is 9.38 Å². The maximum absolute atomic E-state index is 6.02. The summed E-state index contributed by atoms with van der Waals surface area (Å²) in [6.45, 7) is 0.906. The quantitative estimate of drug-likeness (QED) is 0.794. The SMILES string of the molecule is ClCCN(c1cccc2nccn12)C1CCCCC1. The number of imidazole rings is 1. The van der Waals surface area contributed by atoms with Gasteiger partial charge >= 0.3 is 0 Å². The molecule has 1 aliphatic rings. The number of pyridine rings is 1. The van der Waals surface area contributed by atoms with Crippen LogP contribution in [0.1, 0.15) is 32.1 Å². The number of hydrogen-bond donors (Lipinski definition) is 0. The summed E-state index contributed by atoms with van der Waals surface area (Å²) in [5.74, 6) is 1.89. The third-order valence-corrected chi connectivity index (χ3v) is 4.21. The van der Waals surface area contributed by atoms with Gasteiger partial charge in [0.1, 0.15) is 11.5 Å². The summed E-state index contributed by atoms with van der Waals surface area (Å²) in [4.78, 5) is 6.84. The van der Waals surface area contributed by atoms with Gasteiger partial charge in [-0.25, -0.2) is 4.98 Å². The molecule has 0 radical (unpaired) electrons. The van der Waals surface area contributed by atoms with Crippen molar-refractivity contribution in [2.75, 3.05) is 17.3 Å². The lowest BCUT2D eigenvalue weighted by Crippen LogP contribution is -2.39. The summed E-state index contributed by atoms with van der Waals surface area (Å²) in [6, 6.07) is 6.93. The zero-order chi connectivity index (χ0) is 13.1. The van der Waals surface area contributed by atoms with Gasteiger partial charge in [-0.05, 0) is 25.0 Å². The lowest BCUT2D eigenvalue weighted by molar-refractivity contribution is 0.416. The number of hydrogen-bond acceptors (Lipinski definition) is 2. The van der Waals surface area contributed by atoms with Gasteiger partial charge in [-0.2, -0.15) is 0 Å². The molecule has 3 nitrogen and oxygen atoms in total. The molecule has 4 heteroatoms. The van der Waals surface area contributed by atoms with Crippen molar-refractivity contribution in [3.8, 4) is 0 Å². The second-order valence-electron chi connectivity index (χ2n) is 5.21. The summed E-state index contributed by atoms with van der Waals surface area (Å²) in [5.41, 5.74) is 1.01. The zero-order valence-electron chi connectivity index (χ0n) is 11.1. The Bertz CT molecular complexity index is 531. The number of rotatable bonds is 4. The van der Waals surface area contributed by atoms with E-state index < -0.39 is 0 Å². The first-order chi connectivity index (χ1) is 9.40. The maximum Gasteiger partial charge on any atom is 0.138 e. The van der Waals surface area contributed by atoms with Gasteiger partial charge < -0.3 is 4.90 Å². The monoisotopic (exact) mass is 277 g/mol. The van der Waals surface area contributed by atoms with Crippen molar-refractivity contribution in [2.45, 2.75) is 38.1 Å². The van der Waals surface area contributed by atoms with Crippen LogP contribution in [0.2, 0.25) is 0 Å². The average molecular weight is 278 g/mol. The van der Waals surface area contributed by atoms with Crippen LogP contribution in [0.3, 0.4) is 0 Å². The fraction of sp³-hybridized carbons (Fsp3) is 0.533. The van der Waals surface area contributed by atoms with E-state index in [0.29, 0.717) is 11.9 Å². The molecule has 1 aliphatic carbocycles. The van der Waals surface area contributed by atoms with Crippen LogP contribution in [-0.4, -0.2) is 27.9 Å². The summed E-state index contributed by atoms with van der Waals surface area (Å²) in [5, 5.41) is 0. The predicted molar refractivity (Wildman–Crippen MR) is 80.1 cm³/mol. The van der Waals surface area contributed by atoms with Crippen molar-refractivity contribution in [1.29, 1.82) is 0 Å². The molecule has 0 amide bonds. The summed E-state index contributed by atoms with van der Waals surface area (Å²) in [6.07, 6.45) is 10.5. The molecule has 2 aromatic heterocycles. The van der Waals surface area contributed by atoms with Crippen LogP contribution in [0.4, 0.5) is 5.82 Å². The second kappa shape index (κ2) is 5.83. The third kappa shape index (κ3) is 2.57. The van der Waals surface area contributed by atoms with Crippen LogP contribution < -0.4 is 4.90 Å². The number of alkyl halides is 1.